The minimum atomic E-state index is 0.482. The molecule has 0 aliphatic carbocycles. The smallest absolute Gasteiger partial charge is 0.0735 e. The van der Waals surface area contributed by atoms with Gasteiger partial charge in [-0.15, -0.1) is 0 Å². The Bertz CT molecular complexity index is 286. The van der Waals surface area contributed by atoms with E-state index in [-0.39, 0.29) is 0 Å². The molecule has 1 atom stereocenters. The van der Waals surface area contributed by atoms with E-state index < -0.39 is 0 Å². The Morgan fingerprint density at radius 1 is 1.33 bits per heavy atom. The predicted molar refractivity (Wildman–Crippen MR) is 62.1 cm³/mol. The minimum Gasteiger partial charge on any atom is -0.297 e. The molecule has 1 aliphatic rings. The van der Waals surface area contributed by atoms with E-state index in [1.165, 1.54) is 18.4 Å². The van der Waals surface area contributed by atoms with Gasteiger partial charge in [0.1, 0.15) is 0 Å². The zero-order valence-corrected chi connectivity index (χ0v) is 9.24. The average Bonchev–Trinajstić information content (AvgIpc) is 2.75. The van der Waals surface area contributed by atoms with Crippen molar-refractivity contribution >= 4 is 0 Å². The van der Waals surface area contributed by atoms with Crippen molar-refractivity contribution < 1.29 is 0 Å². The first-order chi connectivity index (χ1) is 7.40. The molecule has 82 valence electrons. The molecule has 0 radical (unpaired) electrons. The second-order valence-electron chi connectivity index (χ2n) is 3.94. The second kappa shape index (κ2) is 5.26. The standard InChI is InChI=1S/C12H19N3/c1-13-15-9-5-8-12(15)14-10-11-6-3-2-4-7-11/h2-4,6-7,12-14H,5,8-10H2,1H3. The number of hydrazine groups is 1. The number of rotatable bonds is 4. The van der Waals surface area contributed by atoms with Gasteiger partial charge in [-0.1, -0.05) is 30.3 Å². The van der Waals surface area contributed by atoms with Crippen molar-refractivity contribution in [1.82, 2.24) is 15.8 Å². The second-order valence-corrected chi connectivity index (χ2v) is 3.94. The first-order valence-electron chi connectivity index (χ1n) is 5.61. The molecule has 15 heavy (non-hydrogen) atoms. The van der Waals surface area contributed by atoms with Gasteiger partial charge in [-0.3, -0.25) is 10.7 Å². The molecule has 1 aliphatic heterocycles. The lowest BCUT2D eigenvalue weighted by Gasteiger charge is -2.24. The van der Waals surface area contributed by atoms with E-state index in [1.54, 1.807) is 0 Å². The lowest BCUT2D eigenvalue weighted by molar-refractivity contribution is 0.160. The van der Waals surface area contributed by atoms with E-state index in [0.29, 0.717) is 6.17 Å². The van der Waals surface area contributed by atoms with Crippen LogP contribution in [0.25, 0.3) is 0 Å². The molecule has 3 heteroatoms. The molecule has 2 N–H and O–H groups in total. The van der Waals surface area contributed by atoms with Crippen LogP contribution < -0.4 is 10.7 Å². The van der Waals surface area contributed by atoms with Crippen LogP contribution in [0.3, 0.4) is 0 Å². The Kier molecular flexibility index (Phi) is 3.72. The van der Waals surface area contributed by atoms with Gasteiger partial charge >= 0.3 is 0 Å². The molecule has 0 aromatic heterocycles. The van der Waals surface area contributed by atoms with E-state index in [4.69, 9.17) is 0 Å². The predicted octanol–water partition coefficient (Wildman–Crippen LogP) is 1.33. The van der Waals surface area contributed by atoms with Crippen LogP contribution in [-0.4, -0.2) is 24.8 Å². The Morgan fingerprint density at radius 2 is 2.13 bits per heavy atom. The van der Waals surface area contributed by atoms with Gasteiger partial charge in [0.25, 0.3) is 0 Å². The Hall–Kier alpha value is -0.900. The fraction of sp³-hybridized carbons (Fsp3) is 0.500. The lowest BCUT2D eigenvalue weighted by Crippen LogP contribution is -2.46. The molecule has 0 bridgehead atoms. The number of hydrogen-bond acceptors (Lipinski definition) is 3. The van der Waals surface area contributed by atoms with Crippen LogP contribution in [0.4, 0.5) is 0 Å². The molecule has 1 aromatic carbocycles. The number of nitrogens with zero attached hydrogens (tertiary/aromatic N) is 1. The van der Waals surface area contributed by atoms with Gasteiger partial charge in [0, 0.05) is 13.1 Å². The van der Waals surface area contributed by atoms with E-state index in [9.17, 15) is 0 Å². The molecule has 3 nitrogen and oxygen atoms in total. The van der Waals surface area contributed by atoms with Crippen LogP contribution in [-0.2, 0) is 6.54 Å². The van der Waals surface area contributed by atoms with E-state index in [1.807, 2.05) is 7.05 Å². The van der Waals surface area contributed by atoms with Crippen LogP contribution in [0, 0.1) is 0 Å². The van der Waals surface area contributed by atoms with Crippen LogP contribution in [0.1, 0.15) is 18.4 Å². The van der Waals surface area contributed by atoms with Gasteiger partial charge < -0.3 is 0 Å². The number of benzene rings is 1. The SMILES string of the molecule is CNN1CCCC1NCc1ccccc1. The first-order valence-corrected chi connectivity index (χ1v) is 5.61. The molecule has 1 unspecified atom stereocenters. The maximum Gasteiger partial charge on any atom is 0.0735 e. The largest absolute Gasteiger partial charge is 0.297 e. The lowest BCUT2D eigenvalue weighted by atomic mass is 10.2. The summed E-state index contributed by atoms with van der Waals surface area (Å²) in [6.45, 7) is 2.09. The van der Waals surface area contributed by atoms with E-state index >= 15 is 0 Å². The van der Waals surface area contributed by atoms with Gasteiger partial charge in [0.2, 0.25) is 0 Å². The highest BCUT2D eigenvalue weighted by Gasteiger charge is 2.22. The van der Waals surface area contributed by atoms with Gasteiger partial charge in [0.15, 0.2) is 0 Å². The monoisotopic (exact) mass is 205 g/mol. The summed E-state index contributed by atoms with van der Waals surface area (Å²) in [6.07, 6.45) is 2.98. The maximum absolute atomic E-state index is 3.56. The fourth-order valence-corrected chi connectivity index (χ4v) is 2.08. The summed E-state index contributed by atoms with van der Waals surface area (Å²) in [6, 6.07) is 10.5. The zero-order valence-electron chi connectivity index (χ0n) is 9.24. The summed E-state index contributed by atoms with van der Waals surface area (Å²) in [5, 5.41) is 5.83. The summed E-state index contributed by atoms with van der Waals surface area (Å²) >= 11 is 0. The van der Waals surface area contributed by atoms with Crippen molar-refractivity contribution in [2.45, 2.75) is 25.6 Å². The summed E-state index contributed by atoms with van der Waals surface area (Å²) in [4.78, 5) is 0. The Labute approximate surface area is 91.4 Å². The van der Waals surface area contributed by atoms with Crippen LogP contribution in [0.15, 0.2) is 30.3 Å². The van der Waals surface area contributed by atoms with Crippen molar-refractivity contribution in [3.8, 4) is 0 Å². The normalized spacial score (nSPS) is 22.1. The third kappa shape index (κ3) is 2.78. The summed E-state index contributed by atoms with van der Waals surface area (Å²) in [5.74, 6) is 0. The molecule has 1 fully saturated rings. The molecular formula is C12H19N3. The fourth-order valence-electron chi connectivity index (χ4n) is 2.08. The topological polar surface area (TPSA) is 27.3 Å². The minimum absolute atomic E-state index is 0.482. The summed E-state index contributed by atoms with van der Waals surface area (Å²) in [5.41, 5.74) is 4.57. The van der Waals surface area contributed by atoms with Gasteiger partial charge in [-0.05, 0) is 25.5 Å². The Balaban J connectivity index is 1.83. The molecule has 2 rings (SSSR count). The van der Waals surface area contributed by atoms with Crippen molar-refractivity contribution in [1.29, 1.82) is 0 Å². The number of hydrogen-bond donors (Lipinski definition) is 2. The van der Waals surface area contributed by atoms with Crippen molar-refractivity contribution in [3.63, 3.8) is 0 Å². The Morgan fingerprint density at radius 3 is 2.87 bits per heavy atom. The first kappa shape index (κ1) is 10.6. The molecule has 1 heterocycles. The quantitative estimate of drug-likeness (QED) is 0.776. The van der Waals surface area contributed by atoms with E-state index in [0.717, 1.165) is 13.1 Å². The van der Waals surface area contributed by atoms with Crippen molar-refractivity contribution in [2.24, 2.45) is 0 Å². The molecule has 0 spiro atoms. The summed E-state index contributed by atoms with van der Waals surface area (Å²) < 4.78 is 0. The molecule has 0 amide bonds. The highest BCUT2D eigenvalue weighted by Crippen LogP contribution is 2.12. The van der Waals surface area contributed by atoms with Crippen LogP contribution >= 0.6 is 0 Å². The van der Waals surface area contributed by atoms with Gasteiger partial charge in [-0.25, -0.2) is 5.01 Å². The average molecular weight is 205 g/mol. The molecule has 1 saturated heterocycles. The molecule has 0 saturated carbocycles. The van der Waals surface area contributed by atoms with Gasteiger partial charge in [-0.2, -0.15) is 0 Å². The van der Waals surface area contributed by atoms with E-state index in [2.05, 4.69) is 46.1 Å². The third-order valence-corrected chi connectivity index (χ3v) is 2.92. The van der Waals surface area contributed by atoms with Crippen LogP contribution in [0.5, 0.6) is 0 Å². The zero-order chi connectivity index (χ0) is 10.5. The number of nitrogens with one attached hydrogen (secondary N) is 2. The molecular weight excluding hydrogens is 186 g/mol. The molecule has 1 aromatic rings. The maximum atomic E-state index is 3.56. The third-order valence-electron chi connectivity index (χ3n) is 2.92. The van der Waals surface area contributed by atoms with Crippen molar-refractivity contribution in [2.75, 3.05) is 13.6 Å². The highest BCUT2D eigenvalue weighted by atomic mass is 15.6. The summed E-state index contributed by atoms with van der Waals surface area (Å²) in [7, 11) is 1.99. The highest BCUT2D eigenvalue weighted by molar-refractivity contribution is 5.14. The van der Waals surface area contributed by atoms with Crippen LogP contribution in [0.2, 0.25) is 0 Å². The van der Waals surface area contributed by atoms with Crippen molar-refractivity contribution in [3.05, 3.63) is 35.9 Å². The van der Waals surface area contributed by atoms with Gasteiger partial charge in [0.05, 0.1) is 6.17 Å².